The normalized spacial score (nSPS) is 14.6. The molecule has 2 heterocycles. The Kier molecular flexibility index (Phi) is 6.28. The molecule has 0 bridgehead atoms. The molecule has 1 aliphatic rings. The average Bonchev–Trinajstić information content (AvgIpc) is 3.36. The van der Waals surface area contributed by atoms with E-state index in [2.05, 4.69) is 0 Å². The molecule has 0 aliphatic carbocycles. The molecule has 1 fully saturated rings. The third-order valence-corrected chi connectivity index (χ3v) is 6.93. The van der Waals surface area contributed by atoms with E-state index in [1.807, 2.05) is 28.8 Å². The van der Waals surface area contributed by atoms with Gasteiger partial charge in [-0.1, -0.05) is 54.6 Å². The molecule has 0 N–H and O–H groups in total. The van der Waals surface area contributed by atoms with Crippen LogP contribution >= 0.6 is 11.8 Å². The van der Waals surface area contributed by atoms with E-state index >= 15 is 0 Å². The van der Waals surface area contributed by atoms with Crippen LogP contribution in [0.5, 0.6) is 0 Å². The predicted octanol–water partition coefficient (Wildman–Crippen LogP) is 5.74. The van der Waals surface area contributed by atoms with Crippen molar-refractivity contribution in [3.8, 4) is 0 Å². The van der Waals surface area contributed by atoms with Crippen molar-refractivity contribution in [3.05, 3.63) is 121 Å². The standard InChI is InChI=1S/C26H18N4O6S/c31-25-24(37-26(32)28(25)16-18-8-2-5-11-22(18)30(35)36)13-19-15-27(23-12-6-3-9-20(19)23)14-17-7-1-4-10-21(17)29(33)34/h1-13,15H,14,16H2/b24-13-. The van der Waals surface area contributed by atoms with Crippen molar-refractivity contribution in [1.29, 1.82) is 0 Å². The van der Waals surface area contributed by atoms with Crippen LogP contribution in [0.25, 0.3) is 17.0 Å². The first-order chi connectivity index (χ1) is 17.8. The Morgan fingerprint density at radius 3 is 2.00 bits per heavy atom. The van der Waals surface area contributed by atoms with Crippen LogP contribution in [0.15, 0.2) is 83.9 Å². The lowest BCUT2D eigenvalue weighted by molar-refractivity contribution is -0.385. The number of aromatic nitrogens is 1. The number of carbonyl (C=O) groups excluding carboxylic acids is 2. The molecule has 10 nitrogen and oxygen atoms in total. The topological polar surface area (TPSA) is 129 Å². The van der Waals surface area contributed by atoms with E-state index in [9.17, 15) is 29.8 Å². The number of carbonyl (C=O) groups is 2. The molecule has 37 heavy (non-hydrogen) atoms. The number of rotatable bonds is 7. The molecule has 0 atom stereocenters. The molecule has 1 saturated heterocycles. The van der Waals surface area contributed by atoms with E-state index < -0.39 is 21.0 Å². The van der Waals surface area contributed by atoms with Gasteiger partial charge in [-0.3, -0.25) is 34.7 Å². The number of amides is 2. The fraction of sp³-hybridized carbons (Fsp3) is 0.0769. The zero-order chi connectivity index (χ0) is 26.1. The molecule has 0 unspecified atom stereocenters. The lowest BCUT2D eigenvalue weighted by atomic mass is 10.1. The number of thioether (sulfide) groups is 1. The maximum absolute atomic E-state index is 13.1. The van der Waals surface area contributed by atoms with Crippen LogP contribution in [0.2, 0.25) is 0 Å². The van der Waals surface area contributed by atoms with Crippen LogP contribution in [0, 0.1) is 20.2 Å². The fourth-order valence-electron chi connectivity index (χ4n) is 4.30. The van der Waals surface area contributed by atoms with Gasteiger partial charge >= 0.3 is 0 Å². The fourth-order valence-corrected chi connectivity index (χ4v) is 5.13. The first-order valence-corrected chi connectivity index (χ1v) is 11.9. The number of hydrogen-bond acceptors (Lipinski definition) is 7. The quantitative estimate of drug-likeness (QED) is 0.175. The highest BCUT2D eigenvalue weighted by molar-refractivity contribution is 8.18. The molecule has 2 amide bonds. The van der Waals surface area contributed by atoms with Gasteiger partial charge in [-0.25, -0.2) is 0 Å². The van der Waals surface area contributed by atoms with Crippen molar-refractivity contribution in [3.63, 3.8) is 0 Å². The zero-order valence-corrected chi connectivity index (χ0v) is 20.0. The lowest BCUT2D eigenvalue weighted by Crippen LogP contribution is -2.27. The summed E-state index contributed by atoms with van der Waals surface area (Å²) in [5.41, 5.74) is 2.12. The van der Waals surface area contributed by atoms with Gasteiger partial charge in [-0.05, 0) is 23.9 Å². The Morgan fingerprint density at radius 1 is 0.784 bits per heavy atom. The van der Waals surface area contributed by atoms with Crippen LogP contribution < -0.4 is 0 Å². The Bertz CT molecular complexity index is 1630. The molecule has 0 radical (unpaired) electrons. The Morgan fingerprint density at radius 2 is 1.35 bits per heavy atom. The molecular weight excluding hydrogens is 496 g/mol. The highest BCUT2D eigenvalue weighted by atomic mass is 32.2. The molecule has 3 aromatic carbocycles. The number of hydrogen-bond donors (Lipinski definition) is 0. The van der Waals surface area contributed by atoms with E-state index in [0.29, 0.717) is 11.1 Å². The molecule has 5 rings (SSSR count). The van der Waals surface area contributed by atoms with Crippen LogP contribution in [0.4, 0.5) is 16.2 Å². The predicted molar refractivity (Wildman–Crippen MR) is 139 cm³/mol. The van der Waals surface area contributed by atoms with E-state index in [1.165, 1.54) is 24.3 Å². The van der Waals surface area contributed by atoms with Crippen molar-refractivity contribution in [1.82, 2.24) is 9.47 Å². The largest absolute Gasteiger partial charge is 0.342 e. The second-order valence-electron chi connectivity index (χ2n) is 8.27. The van der Waals surface area contributed by atoms with Crippen LogP contribution in [0.1, 0.15) is 16.7 Å². The number of benzene rings is 3. The maximum atomic E-state index is 13.1. The second kappa shape index (κ2) is 9.70. The Labute approximate surface area is 214 Å². The third-order valence-electron chi connectivity index (χ3n) is 6.03. The molecule has 0 spiro atoms. The first kappa shape index (κ1) is 23.9. The van der Waals surface area contributed by atoms with E-state index in [-0.39, 0.29) is 34.9 Å². The van der Waals surface area contributed by atoms with Crippen molar-refractivity contribution in [2.24, 2.45) is 0 Å². The highest BCUT2D eigenvalue weighted by Gasteiger charge is 2.36. The summed E-state index contributed by atoms with van der Waals surface area (Å²) in [6, 6.07) is 19.9. The van der Waals surface area contributed by atoms with E-state index in [1.54, 1.807) is 36.5 Å². The summed E-state index contributed by atoms with van der Waals surface area (Å²) >= 11 is 0.768. The second-order valence-corrected chi connectivity index (χ2v) is 9.26. The van der Waals surface area contributed by atoms with Gasteiger partial charge in [0.05, 0.1) is 27.8 Å². The molecule has 1 aliphatic heterocycles. The van der Waals surface area contributed by atoms with Crippen LogP contribution in [-0.2, 0) is 17.9 Å². The number of fused-ring (bicyclic) bond motifs is 1. The van der Waals surface area contributed by atoms with Crippen LogP contribution in [0.3, 0.4) is 0 Å². The summed E-state index contributed by atoms with van der Waals surface area (Å²) in [7, 11) is 0. The Balaban J connectivity index is 1.48. The van der Waals surface area contributed by atoms with Gasteiger partial charge in [0.2, 0.25) is 0 Å². The minimum atomic E-state index is -0.545. The van der Waals surface area contributed by atoms with Crippen molar-refractivity contribution in [2.75, 3.05) is 0 Å². The van der Waals surface area contributed by atoms with Gasteiger partial charge in [-0.15, -0.1) is 0 Å². The third kappa shape index (κ3) is 4.59. The van der Waals surface area contributed by atoms with E-state index in [0.717, 1.165) is 27.6 Å². The van der Waals surface area contributed by atoms with Gasteiger partial charge in [0.1, 0.15) is 0 Å². The molecular formula is C26H18N4O6S. The zero-order valence-electron chi connectivity index (χ0n) is 19.1. The van der Waals surface area contributed by atoms with Crippen molar-refractivity contribution in [2.45, 2.75) is 13.1 Å². The maximum Gasteiger partial charge on any atom is 0.293 e. The van der Waals surface area contributed by atoms with Crippen molar-refractivity contribution >= 4 is 51.3 Å². The number of imide groups is 1. The molecule has 0 saturated carbocycles. The first-order valence-electron chi connectivity index (χ1n) is 11.1. The lowest BCUT2D eigenvalue weighted by Gasteiger charge is -2.12. The molecule has 4 aromatic rings. The summed E-state index contributed by atoms with van der Waals surface area (Å²) in [5, 5.41) is 23.1. The minimum Gasteiger partial charge on any atom is -0.342 e. The van der Waals surface area contributed by atoms with Crippen molar-refractivity contribution < 1.29 is 19.4 Å². The van der Waals surface area contributed by atoms with E-state index in [4.69, 9.17) is 0 Å². The highest BCUT2D eigenvalue weighted by Crippen LogP contribution is 2.36. The SMILES string of the molecule is O=C1S/C(=C\c2cn(Cc3ccccc3[N+](=O)[O-])c3ccccc23)C(=O)N1Cc1ccccc1[N+](=O)[O-]. The summed E-state index contributed by atoms with van der Waals surface area (Å²) in [6.07, 6.45) is 3.40. The van der Waals surface area contributed by atoms with Gasteiger partial charge < -0.3 is 4.57 Å². The van der Waals surface area contributed by atoms with Gasteiger partial charge in [0.25, 0.3) is 22.5 Å². The van der Waals surface area contributed by atoms with Gasteiger partial charge in [0.15, 0.2) is 0 Å². The Hall–Kier alpha value is -4.77. The summed E-state index contributed by atoms with van der Waals surface area (Å²) < 4.78 is 1.86. The summed E-state index contributed by atoms with van der Waals surface area (Å²) in [4.78, 5) is 48.8. The molecule has 184 valence electrons. The number of nitro groups is 2. The van der Waals surface area contributed by atoms with Gasteiger partial charge in [0, 0.05) is 45.9 Å². The number of nitro benzene ring substituents is 2. The summed E-state index contributed by atoms with van der Waals surface area (Å²) in [5.74, 6) is -0.538. The number of nitrogens with zero attached hydrogens (tertiary/aromatic N) is 4. The number of para-hydroxylation sites is 3. The molecule has 1 aromatic heterocycles. The average molecular weight is 515 g/mol. The smallest absolute Gasteiger partial charge is 0.293 e. The van der Waals surface area contributed by atoms with Crippen LogP contribution in [-0.4, -0.2) is 30.5 Å². The monoisotopic (exact) mass is 514 g/mol. The van der Waals surface area contributed by atoms with Gasteiger partial charge in [-0.2, -0.15) is 0 Å². The summed E-state index contributed by atoms with van der Waals surface area (Å²) in [6.45, 7) is 0.0310. The minimum absolute atomic E-state index is 0.0120. The molecule has 11 heteroatoms.